The van der Waals surface area contributed by atoms with Crippen molar-refractivity contribution in [1.29, 1.82) is 0 Å². The van der Waals surface area contributed by atoms with E-state index in [1.165, 1.54) is 7.11 Å². The molecule has 96 valence electrons. The SMILES string of the molecule is COC(=O)CCNC(=O)C1(C(N)=S)CCCC1. The molecule has 0 atom stereocenters. The van der Waals surface area contributed by atoms with Gasteiger partial charge in [-0.3, -0.25) is 9.59 Å². The van der Waals surface area contributed by atoms with Crippen molar-refractivity contribution < 1.29 is 14.3 Å². The number of amides is 1. The highest BCUT2D eigenvalue weighted by molar-refractivity contribution is 7.80. The van der Waals surface area contributed by atoms with E-state index in [2.05, 4.69) is 10.1 Å². The zero-order valence-electron chi connectivity index (χ0n) is 9.95. The molecule has 5 nitrogen and oxygen atoms in total. The van der Waals surface area contributed by atoms with E-state index >= 15 is 0 Å². The Morgan fingerprint density at radius 3 is 2.47 bits per heavy atom. The second-order valence-electron chi connectivity index (χ2n) is 4.24. The number of carbonyl (C=O) groups is 2. The van der Waals surface area contributed by atoms with Gasteiger partial charge in [-0.15, -0.1) is 0 Å². The third-order valence-electron chi connectivity index (χ3n) is 3.21. The molecule has 1 amide bonds. The van der Waals surface area contributed by atoms with Crippen LogP contribution in [0.5, 0.6) is 0 Å². The van der Waals surface area contributed by atoms with Crippen LogP contribution in [0, 0.1) is 5.41 Å². The summed E-state index contributed by atoms with van der Waals surface area (Å²) in [5.41, 5.74) is 4.97. The van der Waals surface area contributed by atoms with Crippen LogP contribution >= 0.6 is 12.2 Å². The van der Waals surface area contributed by atoms with E-state index in [-0.39, 0.29) is 29.8 Å². The molecule has 1 aliphatic carbocycles. The first-order chi connectivity index (χ1) is 8.03. The normalized spacial score (nSPS) is 17.5. The monoisotopic (exact) mass is 258 g/mol. The fraction of sp³-hybridized carbons (Fsp3) is 0.727. The molecule has 0 aromatic rings. The smallest absolute Gasteiger partial charge is 0.307 e. The number of hydrogen-bond donors (Lipinski definition) is 2. The van der Waals surface area contributed by atoms with Crippen molar-refractivity contribution in [3.05, 3.63) is 0 Å². The number of ether oxygens (including phenoxy) is 1. The van der Waals surface area contributed by atoms with Crippen molar-refractivity contribution in [3.63, 3.8) is 0 Å². The Balaban J connectivity index is 2.50. The first-order valence-corrected chi connectivity index (χ1v) is 6.09. The molecule has 1 fully saturated rings. The molecule has 0 bridgehead atoms. The first kappa shape index (κ1) is 13.9. The Hall–Kier alpha value is -1.17. The summed E-state index contributed by atoms with van der Waals surface area (Å²) in [7, 11) is 1.32. The molecule has 3 N–H and O–H groups in total. The minimum atomic E-state index is -0.703. The largest absolute Gasteiger partial charge is 0.469 e. The van der Waals surface area contributed by atoms with Crippen LogP contribution in [0.1, 0.15) is 32.1 Å². The van der Waals surface area contributed by atoms with Gasteiger partial charge in [-0.25, -0.2) is 0 Å². The molecule has 1 aliphatic rings. The Morgan fingerprint density at radius 1 is 1.41 bits per heavy atom. The minimum Gasteiger partial charge on any atom is -0.469 e. The quantitative estimate of drug-likeness (QED) is 0.555. The molecule has 0 radical (unpaired) electrons. The van der Waals surface area contributed by atoms with Crippen LogP contribution < -0.4 is 11.1 Å². The third kappa shape index (κ3) is 3.15. The zero-order chi connectivity index (χ0) is 12.9. The molecule has 0 heterocycles. The molecule has 0 aromatic carbocycles. The molecular weight excluding hydrogens is 240 g/mol. The predicted molar refractivity (Wildman–Crippen MR) is 67.3 cm³/mol. The standard InChI is InChI=1S/C11H18N2O3S/c1-16-8(14)4-7-13-10(15)11(9(12)17)5-2-3-6-11/h2-7H2,1H3,(H2,12,17)(H,13,15). The van der Waals surface area contributed by atoms with Crippen LogP contribution in [-0.2, 0) is 14.3 Å². The molecule has 17 heavy (non-hydrogen) atoms. The van der Waals surface area contributed by atoms with Gasteiger partial charge in [0.15, 0.2) is 0 Å². The van der Waals surface area contributed by atoms with E-state index in [1.54, 1.807) is 0 Å². The van der Waals surface area contributed by atoms with Gasteiger partial charge >= 0.3 is 5.97 Å². The molecule has 6 heteroatoms. The number of nitrogens with one attached hydrogen (secondary N) is 1. The number of rotatable bonds is 5. The summed E-state index contributed by atoms with van der Waals surface area (Å²) < 4.78 is 4.49. The highest BCUT2D eigenvalue weighted by atomic mass is 32.1. The minimum absolute atomic E-state index is 0.161. The van der Waals surface area contributed by atoms with Crippen molar-refractivity contribution >= 4 is 29.1 Å². The van der Waals surface area contributed by atoms with Crippen molar-refractivity contribution in [1.82, 2.24) is 5.32 Å². The second kappa shape index (κ2) is 5.95. The summed E-state index contributed by atoms with van der Waals surface area (Å²) in [4.78, 5) is 23.2. The van der Waals surface area contributed by atoms with Gasteiger partial charge in [0.2, 0.25) is 5.91 Å². The number of thiocarbonyl (C=S) groups is 1. The molecule has 0 saturated heterocycles. The number of methoxy groups -OCH3 is 1. The topological polar surface area (TPSA) is 81.4 Å². The molecule has 0 unspecified atom stereocenters. The number of nitrogens with two attached hydrogens (primary N) is 1. The van der Waals surface area contributed by atoms with Gasteiger partial charge in [0.05, 0.1) is 23.9 Å². The average molecular weight is 258 g/mol. The van der Waals surface area contributed by atoms with Crippen LogP contribution in [0.3, 0.4) is 0 Å². The number of carbonyl (C=O) groups excluding carboxylic acids is 2. The van der Waals surface area contributed by atoms with Crippen molar-refractivity contribution in [2.24, 2.45) is 11.1 Å². The van der Waals surface area contributed by atoms with Crippen LogP contribution in [0.2, 0.25) is 0 Å². The fourth-order valence-corrected chi connectivity index (χ4v) is 2.41. The van der Waals surface area contributed by atoms with Crippen LogP contribution in [0.15, 0.2) is 0 Å². The Kier molecular flexibility index (Phi) is 4.86. The lowest BCUT2D eigenvalue weighted by molar-refractivity contribution is -0.140. The summed E-state index contributed by atoms with van der Waals surface area (Å²) >= 11 is 4.99. The van der Waals surface area contributed by atoms with Crippen molar-refractivity contribution in [2.45, 2.75) is 32.1 Å². The Labute approximate surface area is 106 Å². The molecule has 0 aromatic heterocycles. The molecule has 0 spiro atoms. The lowest BCUT2D eigenvalue weighted by Gasteiger charge is -2.26. The van der Waals surface area contributed by atoms with E-state index in [0.717, 1.165) is 12.8 Å². The summed E-state index contributed by atoms with van der Waals surface area (Å²) in [5.74, 6) is -0.507. The Bertz CT molecular complexity index is 325. The lowest BCUT2D eigenvalue weighted by atomic mass is 9.85. The average Bonchev–Trinajstić information content (AvgIpc) is 2.78. The molecular formula is C11H18N2O3S. The maximum Gasteiger partial charge on any atom is 0.307 e. The fourth-order valence-electron chi connectivity index (χ4n) is 2.11. The van der Waals surface area contributed by atoms with Crippen molar-refractivity contribution in [2.75, 3.05) is 13.7 Å². The van der Waals surface area contributed by atoms with Gasteiger partial charge in [0, 0.05) is 6.54 Å². The van der Waals surface area contributed by atoms with Crippen LogP contribution in [0.4, 0.5) is 0 Å². The highest BCUT2D eigenvalue weighted by Crippen LogP contribution is 2.38. The van der Waals surface area contributed by atoms with Gasteiger partial charge < -0.3 is 15.8 Å². The van der Waals surface area contributed by atoms with Crippen LogP contribution in [0.25, 0.3) is 0 Å². The van der Waals surface area contributed by atoms with E-state index in [9.17, 15) is 9.59 Å². The Morgan fingerprint density at radius 2 is 2.00 bits per heavy atom. The maximum absolute atomic E-state index is 12.0. The lowest BCUT2D eigenvalue weighted by Crippen LogP contribution is -2.47. The van der Waals surface area contributed by atoms with Gasteiger partial charge in [-0.2, -0.15) is 0 Å². The zero-order valence-corrected chi connectivity index (χ0v) is 10.8. The van der Waals surface area contributed by atoms with Gasteiger partial charge in [0.25, 0.3) is 0 Å². The summed E-state index contributed by atoms with van der Waals surface area (Å²) in [6.45, 7) is 0.260. The van der Waals surface area contributed by atoms with Gasteiger partial charge in [-0.1, -0.05) is 25.1 Å². The number of esters is 1. The third-order valence-corrected chi connectivity index (χ3v) is 3.60. The number of hydrogen-bond acceptors (Lipinski definition) is 4. The summed E-state index contributed by atoms with van der Waals surface area (Å²) in [6, 6.07) is 0. The summed E-state index contributed by atoms with van der Waals surface area (Å²) in [6.07, 6.45) is 3.48. The maximum atomic E-state index is 12.0. The summed E-state index contributed by atoms with van der Waals surface area (Å²) in [5, 5.41) is 2.70. The molecule has 1 rings (SSSR count). The van der Waals surface area contributed by atoms with E-state index in [1.807, 2.05) is 0 Å². The van der Waals surface area contributed by atoms with E-state index in [0.29, 0.717) is 12.8 Å². The van der Waals surface area contributed by atoms with Crippen molar-refractivity contribution in [3.8, 4) is 0 Å². The first-order valence-electron chi connectivity index (χ1n) is 5.68. The van der Waals surface area contributed by atoms with Crippen LogP contribution in [-0.4, -0.2) is 30.5 Å². The highest BCUT2D eigenvalue weighted by Gasteiger charge is 2.43. The van der Waals surface area contributed by atoms with E-state index in [4.69, 9.17) is 18.0 Å². The van der Waals surface area contributed by atoms with Gasteiger partial charge in [-0.05, 0) is 12.8 Å². The second-order valence-corrected chi connectivity index (χ2v) is 4.68. The molecule has 1 saturated carbocycles. The molecule has 0 aliphatic heterocycles. The predicted octanol–water partition coefficient (Wildman–Crippen LogP) is 0.512. The van der Waals surface area contributed by atoms with E-state index < -0.39 is 5.41 Å². The van der Waals surface area contributed by atoms with Gasteiger partial charge in [0.1, 0.15) is 0 Å².